The molecule has 2 aromatic carbocycles. The number of hydrogen-bond acceptors (Lipinski definition) is 4. The molecule has 6 heteroatoms. The Bertz CT molecular complexity index is 806. The van der Waals surface area contributed by atoms with Gasteiger partial charge in [0.1, 0.15) is 5.75 Å². The number of piperazine rings is 1. The maximum absolute atomic E-state index is 12.2. The molecule has 5 nitrogen and oxygen atoms in total. The van der Waals surface area contributed by atoms with Crippen LogP contribution in [-0.2, 0) is 4.79 Å². The topological polar surface area (TPSA) is 36.0 Å². The minimum atomic E-state index is 0.0412. The monoisotopic (exact) mass is 385 g/mol. The molecular weight excluding hydrogens is 362 g/mol. The third kappa shape index (κ3) is 4.20. The van der Waals surface area contributed by atoms with Gasteiger partial charge in [-0.2, -0.15) is 0 Å². The van der Waals surface area contributed by atoms with E-state index in [4.69, 9.17) is 16.3 Å². The predicted octanol–water partition coefficient (Wildman–Crippen LogP) is 3.28. The summed E-state index contributed by atoms with van der Waals surface area (Å²) >= 11 is 6.10. The fourth-order valence-electron chi connectivity index (χ4n) is 3.75. The number of carbonyl (C=O) groups is 1. The minimum absolute atomic E-state index is 0.0412. The maximum atomic E-state index is 12.2. The molecule has 0 radical (unpaired) electrons. The molecule has 1 amide bonds. The minimum Gasteiger partial charge on any atom is -0.482 e. The molecular formula is C21H24ClN3O2. The number of halogens is 1. The van der Waals surface area contributed by atoms with E-state index in [-0.39, 0.29) is 12.5 Å². The molecule has 4 rings (SSSR count). The lowest BCUT2D eigenvalue weighted by molar-refractivity contribution is -0.121. The number of nitrogens with zero attached hydrogens (tertiary/aromatic N) is 3. The first-order chi connectivity index (χ1) is 13.2. The van der Waals surface area contributed by atoms with Gasteiger partial charge in [-0.25, -0.2) is 0 Å². The molecule has 0 atom stereocenters. The Morgan fingerprint density at radius 3 is 2.59 bits per heavy atom. The summed E-state index contributed by atoms with van der Waals surface area (Å²) in [4.78, 5) is 18.9. The molecule has 0 aliphatic carbocycles. The van der Waals surface area contributed by atoms with Crippen molar-refractivity contribution in [2.75, 3.05) is 55.7 Å². The number of fused-ring (bicyclic) bond motifs is 1. The molecule has 1 fully saturated rings. The van der Waals surface area contributed by atoms with Gasteiger partial charge in [0.25, 0.3) is 5.91 Å². The van der Waals surface area contributed by atoms with E-state index in [0.717, 1.165) is 62.1 Å². The van der Waals surface area contributed by atoms with E-state index in [9.17, 15) is 4.79 Å². The molecule has 0 unspecified atom stereocenters. The van der Waals surface area contributed by atoms with E-state index in [0.29, 0.717) is 0 Å². The lowest BCUT2D eigenvalue weighted by Crippen LogP contribution is -2.47. The number of hydrogen-bond donors (Lipinski definition) is 0. The Kier molecular flexibility index (Phi) is 5.50. The highest BCUT2D eigenvalue weighted by molar-refractivity contribution is 6.30. The Hall–Kier alpha value is -2.24. The number of amides is 1. The van der Waals surface area contributed by atoms with Gasteiger partial charge < -0.3 is 14.5 Å². The van der Waals surface area contributed by atoms with Crippen molar-refractivity contribution in [3.63, 3.8) is 0 Å². The van der Waals surface area contributed by atoms with Crippen molar-refractivity contribution < 1.29 is 9.53 Å². The molecule has 0 saturated carbocycles. The van der Waals surface area contributed by atoms with Crippen LogP contribution in [0.4, 0.5) is 11.4 Å². The molecule has 2 aliphatic heterocycles. The smallest absolute Gasteiger partial charge is 0.265 e. The Morgan fingerprint density at radius 2 is 1.78 bits per heavy atom. The van der Waals surface area contributed by atoms with Gasteiger partial charge in [0.2, 0.25) is 0 Å². The highest BCUT2D eigenvalue weighted by atomic mass is 35.5. The average Bonchev–Trinajstić information content (AvgIpc) is 2.70. The lowest BCUT2D eigenvalue weighted by atomic mass is 10.2. The largest absolute Gasteiger partial charge is 0.482 e. The van der Waals surface area contributed by atoms with Crippen molar-refractivity contribution in [3.05, 3.63) is 53.6 Å². The molecule has 142 valence electrons. The normalized spacial score (nSPS) is 17.6. The summed E-state index contributed by atoms with van der Waals surface area (Å²) in [6, 6.07) is 15.8. The first-order valence-electron chi connectivity index (χ1n) is 9.46. The van der Waals surface area contributed by atoms with Crippen molar-refractivity contribution in [3.8, 4) is 5.75 Å². The third-order valence-electron chi connectivity index (χ3n) is 5.21. The van der Waals surface area contributed by atoms with E-state index in [1.807, 2.05) is 47.4 Å². The molecule has 2 aliphatic rings. The zero-order chi connectivity index (χ0) is 18.6. The molecule has 0 spiro atoms. The van der Waals surface area contributed by atoms with Gasteiger partial charge in [-0.15, -0.1) is 0 Å². The van der Waals surface area contributed by atoms with Crippen LogP contribution in [0, 0.1) is 0 Å². The maximum Gasteiger partial charge on any atom is 0.265 e. The first-order valence-corrected chi connectivity index (χ1v) is 9.83. The summed E-state index contributed by atoms with van der Waals surface area (Å²) in [5, 5.41) is 0.783. The molecule has 0 bridgehead atoms. The molecule has 2 heterocycles. The quantitative estimate of drug-likeness (QED) is 0.791. The SMILES string of the molecule is O=C1COc2ccccc2N1CCCN1CCN(c2cccc(Cl)c2)CC1. The molecule has 0 N–H and O–H groups in total. The van der Waals surface area contributed by atoms with Crippen LogP contribution >= 0.6 is 11.6 Å². The number of rotatable bonds is 5. The zero-order valence-electron chi connectivity index (χ0n) is 15.3. The van der Waals surface area contributed by atoms with Crippen LogP contribution in [-0.4, -0.2) is 56.7 Å². The Balaban J connectivity index is 1.27. The van der Waals surface area contributed by atoms with E-state index >= 15 is 0 Å². The Morgan fingerprint density at radius 1 is 0.963 bits per heavy atom. The van der Waals surface area contributed by atoms with Gasteiger partial charge in [0, 0.05) is 43.4 Å². The van der Waals surface area contributed by atoms with Crippen LogP contribution in [0.2, 0.25) is 5.02 Å². The third-order valence-corrected chi connectivity index (χ3v) is 5.45. The van der Waals surface area contributed by atoms with Crippen LogP contribution in [0.5, 0.6) is 5.75 Å². The number of carbonyl (C=O) groups excluding carboxylic acids is 1. The summed E-state index contributed by atoms with van der Waals surface area (Å²) in [5.74, 6) is 0.840. The molecule has 1 saturated heterocycles. The number of benzene rings is 2. The molecule has 0 aromatic heterocycles. The summed E-state index contributed by atoms with van der Waals surface area (Å²) < 4.78 is 5.51. The second-order valence-electron chi connectivity index (χ2n) is 6.96. The van der Waals surface area contributed by atoms with Crippen LogP contribution < -0.4 is 14.5 Å². The van der Waals surface area contributed by atoms with Crippen molar-refractivity contribution >= 4 is 28.9 Å². The summed E-state index contributed by atoms with van der Waals surface area (Å²) in [7, 11) is 0. The fourth-order valence-corrected chi connectivity index (χ4v) is 3.94. The van der Waals surface area contributed by atoms with Crippen LogP contribution in [0.25, 0.3) is 0 Å². The summed E-state index contributed by atoms with van der Waals surface area (Å²) in [5.41, 5.74) is 2.08. The lowest BCUT2D eigenvalue weighted by Gasteiger charge is -2.36. The van der Waals surface area contributed by atoms with Gasteiger partial charge in [0.05, 0.1) is 5.69 Å². The number of anilines is 2. The van der Waals surface area contributed by atoms with Gasteiger partial charge in [0.15, 0.2) is 6.61 Å². The second kappa shape index (κ2) is 8.19. The van der Waals surface area contributed by atoms with E-state index in [1.165, 1.54) is 5.69 Å². The van der Waals surface area contributed by atoms with Crippen molar-refractivity contribution in [1.82, 2.24) is 4.90 Å². The molecule has 27 heavy (non-hydrogen) atoms. The van der Waals surface area contributed by atoms with Gasteiger partial charge in [-0.3, -0.25) is 9.69 Å². The highest BCUT2D eigenvalue weighted by Crippen LogP contribution is 2.31. The fraction of sp³-hybridized carbons (Fsp3) is 0.381. The summed E-state index contributed by atoms with van der Waals surface area (Å²) in [6.45, 7) is 5.92. The van der Waals surface area contributed by atoms with Crippen LogP contribution in [0.3, 0.4) is 0 Å². The summed E-state index contributed by atoms with van der Waals surface area (Å²) in [6.07, 6.45) is 0.956. The number of para-hydroxylation sites is 2. The average molecular weight is 386 g/mol. The van der Waals surface area contributed by atoms with Gasteiger partial charge >= 0.3 is 0 Å². The second-order valence-corrected chi connectivity index (χ2v) is 7.40. The standard InChI is InChI=1S/C21H24ClN3O2/c22-17-5-3-6-18(15-17)24-13-11-23(12-14-24)9-4-10-25-19-7-1-2-8-20(19)27-16-21(25)26/h1-3,5-8,15H,4,9-14,16H2. The predicted molar refractivity (Wildman–Crippen MR) is 109 cm³/mol. The first kappa shape index (κ1) is 18.1. The highest BCUT2D eigenvalue weighted by Gasteiger charge is 2.25. The molecule has 2 aromatic rings. The van der Waals surface area contributed by atoms with Gasteiger partial charge in [-0.05, 0) is 43.3 Å². The van der Waals surface area contributed by atoms with Crippen LogP contribution in [0.1, 0.15) is 6.42 Å². The van der Waals surface area contributed by atoms with Crippen molar-refractivity contribution in [2.45, 2.75) is 6.42 Å². The Labute approximate surface area is 165 Å². The van der Waals surface area contributed by atoms with E-state index in [1.54, 1.807) is 0 Å². The number of ether oxygens (including phenoxy) is 1. The van der Waals surface area contributed by atoms with Crippen molar-refractivity contribution in [2.24, 2.45) is 0 Å². The van der Waals surface area contributed by atoms with E-state index in [2.05, 4.69) is 15.9 Å². The zero-order valence-corrected chi connectivity index (χ0v) is 16.1. The van der Waals surface area contributed by atoms with Gasteiger partial charge in [-0.1, -0.05) is 29.8 Å². The van der Waals surface area contributed by atoms with Crippen molar-refractivity contribution in [1.29, 1.82) is 0 Å². The van der Waals surface area contributed by atoms with Crippen LogP contribution in [0.15, 0.2) is 48.5 Å². The van der Waals surface area contributed by atoms with E-state index < -0.39 is 0 Å².